The maximum Gasteiger partial charge on any atom is 0.397 e. The SMILES string of the molecule is CC1=CS2(OC(=O)CCCC(=O)C(=O)O2)C2=NC([C@H](C)Nc3ncnc4nc[nH]c34)=C(c3cccc(F)c3)CN12. The number of Topliss-reactive ketones (excluding diaryl/α,β-unsaturated/α-hetero) is 1. The van der Waals surface area contributed by atoms with Crippen LogP contribution in [0.4, 0.5) is 10.2 Å². The highest BCUT2D eigenvalue weighted by Crippen LogP contribution is 2.61. The van der Waals surface area contributed by atoms with Crippen LogP contribution in [0.5, 0.6) is 0 Å². The molecule has 1 fully saturated rings. The third-order valence-electron chi connectivity index (χ3n) is 6.67. The van der Waals surface area contributed by atoms with Crippen LogP contribution in [0.2, 0.25) is 0 Å². The number of aromatic nitrogens is 4. The van der Waals surface area contributed by atoms with E-state index in [4.69, 9.17) is 13.4 Å². The number of nitrogens with one attached hydrogen (secondary N) is 2. The van der Waals surface area contributed by atoms with Crippen LogP contribution >= 0.6 is 10.6 Å². The first-order chi connectivity index (χ1) is 19.2. The Morgan fingerprint density at radius 2 is 2.00 bits per heavy atom. The van der Waals surface area contributed by atoms with E-state index in [9.17, 15) is 18.8 Å². The van der Waals surface area contributed by atoms with Gasteiger partial charge in [0.1, 0.15) is 17.7 Å². The average molecular weight is 566 g/mol. The van der Waals surface area contributed by atoms with E-state index >= 15 is 0 Å². The number of allylic oxidation sites excluding steroid dienone is 1. The van der Waals surface area contributed by atoms with Crippen LogP contribution in [-0.4, -0.2) is 60.3 Å². The number of aromatic amines is 1. The van der Waals surface area contributed by atoms with Gasteiger partial charge in [-0.1, -0.05) is 12.1 Å². The quantitative estimate of drug-likeness (QED) is 0.448. The molecule has 6 rings (SSSR count). The lowest BCUT2D eigenvalue weighted by molar-refractivity contribution is -0.146. The molecule has 0 amide bonds. The number of halogens is 1. The molecular formula is C26H24FN7O5S. The van der Waals surface area contributed by atoms with Crippen molar-refractivity contribution in [2.75, 3.05) is 11.9 Å². The number of nitrogens with zero attached hydrogens (tertiary/aromatic N) is 5. The van der Waals surface area contributed by atoms with E-state index in [2.05, 4.69) is 25.3 Å². The van der Waals surface area contributed by atoms with Crippen molar-refractivity contribution in [1.82, 2.24) is 24.8 Å². The Balaban J connectivity index is 1.48. The largest absolute Gasteiger partial charge is 0.397 e. The Kier molecular flexibility index (Phi) is 6.33. The normalized spacial score (nSPS) is 23.8. The van der Waals surface area contributed by atoms with Gasteiger partial charge in [-0.2, -0.15) is 0 Å². The minimum atomic E-state index is -3.19. The van der Waals surface area contributed by atoms with Crippen LogP contribution < -0.4 is 5.32 Å². The number of amidine groups is 1. The number of anilines is 1. The summed E-state index contributed by atoms with van der Waals surface area (Å²) in [6.45, 7) is 3.83. The first-order valence-electron chi connectivity index (χ1n) is 12.5. The molecule has 12 nitrogen and oxygen atoms in total. The molecule has 3 aromatic rings. The fourth-order valence-corrected chi connectivity index (χ4v) is 7.15. The molecule has 0 radical (unpaired) electrons. The standard InChI is InChI=1S/C26H24FN7O5S/c1-14-11-40(38-20(36)8-4-7-19(35)25(37)39-40)26-33-21(18(10-34(14)26)16-5-3-6-17(27)9-16)15(2)32-24-22-23(29-12-28-22)30-13-31-24/h3,5-6,9,11-13,15H,4,7-8,10H2,1-2H3,(H2,28,29,30,31,32)/t15-/m0/s1. The van der Waals surface area contributed by atoms with Gasteiger partial charge in [-0.25, -0.2) is 29.1 Å². The van der Waals surface area contributed by atoms with Crippen molar-refractivity contribution in [3.63, 3.8) is 0 Å². The van der Waals surface area contributed by atoms with Gasteiger partial charge in [0.25, 0.3) is 0 Å². The van der Waals surface area contributed by atoms with Crippen molar-refractivity contribution >= 4 is 56.0 Å². The molecule has 1 saturated heterocycles. The van der Waals surface area contributed by atoms with Gasteiger partial charge in [0.2, 0.25) is 11.0 Å². The minimum Gasteiger partial charge on any atom is -0.360 e. The molecule has 40 heavy (non-hydrogen) atoms. The maximum absolute atomic E-state index is 14.3. The van der Waals surface area contributed by atoms with Crippen molar-refractivity contribution in [1.29, 1.82) is 0 Å². The fourth-order valence-electron chi connectivity index (χ4n) is 4.77. The smallest absolute Gasteiger partial charge is 0.360 e. The van der Waals surface area contributed by atoms with Gasteiger partial charge < -0.3 is 23.6 Å². The molecule has 2 N–H and O–H groups in total. The summed E-state index contributed by atoms with van der Waals surface area (Å²) in [4.78, 5) is 60.1. The Labute approximate surface area is 229 Å². The van der Waals surface area contributed by atoms with Gasteiger partial charge in [-0.05, 0) is 48.6 Å². The molecular weight excluding hydrogens is 541 g/mol. The van der Waals surface area contributed by atoms with Gasteiger partial charge in [0.15, 0.2) is 11.5 Å². The number of rotatable bonds is 4. The zero-order valence-corrected chi connectivity index (χ0v) is 22.3. The highest BCUT2D eigenvalue weighted by Gasteiger charge is 2.47. The predicted octanol–water partition coefficient (Wildman–Crippen LogP) is 3.72. The second-order valence-electron chi connectivity index (χ2n) is 9.45. The van der Waals surface area contributed by atoms with E-state index in [0.717, 1.165) is 0 Å². The molecule has 1 unspecified atom stereocenters. The summed E-state index contributed by atoms with van der Waals surface area (Å²) < 4.78 is 25.8. The number of H-pyrrole nitrogens is 1. The molecule has 2 aromatic heterocycles. The molecule has 206 valence electrons. The third kappa shape index (κ3) is 4.49. The number of fused-ring (bicyclic) bond motifs is 3. The lowest BCUT2D eigenvalue weighted by Crippen LogP contribution is -2.37. The van der Waals surface area contributed by atoms with E-state index in [0.29, 0.717) is 39.5 Å². The molecule has 14 heteroatoms. The number of benzene rings is 1. The van der Waals surface area contributed by atoms with Gasteiger partial charge >= 0.3 is 11.9 Å². The molecule has 0 saturated carbocycles. The molecule has 5 heterocycles. The van der Waals surface area contributed by atoms with Gasteiger partial charge in [-0.15, -0.1) is 0 Å². The highest BCUT2D eigenvalue weighted by atomic mass is 32.3. The molecule has 3 aliphatic heterocycles. The first kappa shape index (κ1) is 25.7. The monoisotopic (exact) mass is 565 g/mol. The van der Waals surface area contributed by atoms with Crippen LogP contribution in [0.1, 0.15) is 38.7 Å². The van der Waals surface area contributed by atoms with Crippen molar-refractivity contribution in [3.8, 4) is 0 Å². The van der Waals surface area contributed by atoms with Crippen molar-refractivity contribution in [2.45, 2.75) is 39.2 Å². The lowest BCUT2D eigenvalue weighted by Gasteiger charge is -2.39. The topological polar surface area (TPSA) is 152 Å². The number of carbonyl (C=O) groups excluding carboxylic acids is 3. The Morgan fingerprint density at radius 1 is 1.15 bits per heavy atom. The van der Waals surface area contributed by atoms with E-state index in [1.165, 1.54) is 24.8 Å². The van der Waals surface area contributed by atoms with Crippen molar-refractivity contribution in [2.24, 2.45) is 4.99 Å². The van der Waals surface area contributed by atoms with Gasteiger partial charge in [-0.3, -0.25) is 9.59 Å². The number of hydrogen-bond acceptors (Lipinski definition) is 11. The summed E-state index contributed by atoms with van der Waals surface area (Å²) in [6, 6.07) is 5.64. The molecule has 3 aliphatic rings. The number of hydrogen-bond donors (Lipinski definition) is 2. The van der Waals surface area contributed by atoms with Crippen molar-refractivity contribution in [3.05, 3.63) is 65.1 Å². The van der Waals surface area contributed by atoms with Gasteiger partial charge in [0.05, 0.1) is 30.0 Å². The fraction of sp³-hybridized carbons (Fsp3) is 0.269. The zero-order chi connectivity index (χ0) is 28.0. The second kappa shape index (κ2) is 9.86. The zero-order valence-electron chi connectivity index (χ0n) is 21.5. The summed E-state index contributed by atoms with van der Waals surface area (Å²) in [5.74, 6) is -2.35. The predicted molar refractivity (Wildman–Crippen MR) is 145 cm³/mol. The maximum atomic E-state index is 14.3. The number of imidazole rings is 1. The lowest BCUT2D eigenvalue weighted by atomic mass is 9.98. The van der Waals surface area contributed by atoms with E-state index in [1.54, 1.807) is 29.4 Å². The average Bonchev–Trinajstić information content (AvgIpc) is 3.51. The Bertz CT molecular complexity index is 1670. The van der Waals surface area contributed by atoms with Crippen LogP contribution in [0.15, 0.2) is 58.7 Å². The Morgan fingerprint density at radius 3 is 2.83 bits per heavy atom. The van der Waals surface area contributed by atoms with E-state index in [1.807, 2.05) is 6.92 Å². The van der Waals surface area contributed by atoms with E-state index < -0.39 is 40.2 Å². The summed E-state index contributed by atoms with van der Waals surface area (Å²) in [5, 5.41) is 5.06. The number of ketones is 1. The molecule has 1 spiro atoms. The van der Waals surface area contributed by atoms with Crippen LogP contribution in [-0.2, 0) is 22.7 Å². The van der Waals surface area contributed by atoms with Crippen LogP contribution in [0, 0.1) is 5.82 Å². The van der Waals surface area contributed by atoms with E-state index in [-0.39, 0.29) is 31.0 Å². The van der Waals surface area contributed by atoms with Crippen LogP contribution in [0.25, 0.3) is 16.7 Å². The van der Waals surface area contributed by atoms with Crippen LogP contribution in [0.3, 0.4) is 0 Å². The Hall–Kier alpha value is -4.59. The summed E-state index contributed by atoms with van der Waals surface area (Å²) in [5.41, 5.74) is 3.45. The second-order valence-corrected chi connectivity index (χ2v) is 11.5. The summed E-state index contributed by atoms with van der Waals surface area (Å²) >= 11 is 0. The summed E-state index contributed by atoms with van der Waals surface area (Å²) in [7, 11) is -3.19. The third-order valence-corrected chi connectivity index (χ3v) is 8.97. The molecule has 0 aliphatic carbocycles. The minimum absolute atomic E-state index is 0.0413. The van der Waals surface area contributed by atoms with Crippen molar-refractivity contribution < 1.29 is 27.1 Å². The molecule has 2 atom stereocenters. The van der Waals surface area contributed by atoms with Gasteiger partial charge in [0, 0.05) is 24.1 Å². The summed E-state index contributed by atoms with van der Waals surface area (Å²) in [6.07, 6.45) is 2.91. The number of carbonyl (C=O) groups is 3. The number of aliphatic imine (C=N–C) groups is 1. The molecule has 0 bridgehead atoms. The first-order valence-corrected chi connectivity index (χ1v) is 14.0. The molecule has 1 aromatic carbocycles. The highest BCUT2D eigenvalue weighted by molar-refractivity contribution is 8.41.